The van der Waals surface area contributed by atoms with Gasteiger partial charge in [-0.2, -0.15) is 0 Å². The summed E-state index contributed by atoms with van der Waals surface area (Å²) in [5.74, 6) is 0.779. The van der Waals surface area contributed by atoms with Gasteiger partial charge in [0.25, 0.3) is 0 Å². The van der Waals surface area contributed by atoms with Crippen LogP contribution in [0.5, 0.6) is 0 Å². The maximum Gasteiger partial charge on any atom is 0.0824 e. The van der Waals surface area contributed by atoms with Crippen LogP contribution in [0.15, 0.2) is 0 Å². The molecule has 13 heavy (non-hydrogen) atoms. The Morgan fingerprint density at radius 3 is 2.85 bits per heavy atom. The molecule has 3 nitrogen and oxygen atoms in total. The highest BCUT2D eigenvalue weighted by Gasteiger charge is 2.15. The molecule has 1 aliphatic rings. The number of aliphatic hydroxyl groups is 1. The smallest absolute Gasteiger partial charge is 0.0824 e. The van der Waals surface area contributed by atoms with E-state index < -0.39 is 5.60 Å². The lowest BCUT2D eigenvalue weighted by atomic mass is 10.1. The highest BCUT2D eigenvalue weighted by Crippen LogP contribution is 2.12. The maximum absolute atomic E-state index is 9.37. The molecule has 1 heterocycles. The standard InChI is InChI=1S/C10H21NO2/c1-10(2,12)8-13-6-4-9-3-5-11-7-9/h9,11-12H,3-8H2,1-2H3. The molecule has 0 amide bonds. The largest absolute Gasteiger partial charge is 0.388 e. The fourth-order valence-electron chi connectivity index (χ4n) is 1.53. The lowest BCUT2D eigenvalue weighted by Gasteiger charge is -2.17. The van der Waals surface area contributed by atoms with E-state index in [1.807, 2.05) is 0 Å². The van der Waals surface area contributed by atoms with Gasteiger partial charge in [0.05, 0.1) is 12.2 Å². The summed E-state index contributed by atoms with van der Waals surface area (Å²) in [5.41, 5.74) is -0.687. The summed E-state index contributed by atoms with van der Waals surface area (Å²) in [6.45, 7) is 7.03. The van der Waals surface area contributed by atoms with Gasteiger partial charge in [-0.3, -0.25) is 0 Å². The van der Waals surface area contributed by atoms with E-state index in [0.29, 0.717) is 6.61 Å². The van der Waals surface area contributed by atoms with Crippen LogP contribution in [0.4, 0.5) is 0 Å². The number of nitrogens with one attached hydrogen (secondary N) is 1. The fraction of sp³-hybridized carbons (Fsp3) is 1.00. The summed E-state index contributed by atoms with van der Waals surface area (Å²) in [5, 5.41) is 12.7. The summed E-state index contributed by atoms with van der Waals surface area (Å²) < 4.78 is 5.38. The van der Waals surface area contributed by atoms with E-state index in [1.54, 1.807) is 13.8 Å². The van der Waals surface area contributed by atoms with E-state index in [-0.39, 0.29) is 0 Å². The molecule has 1 unspecified atom stereocenters. The molecule has 3 heteroatoms. The van der Waals surface area contributed by atoms with Crippen molar-refractivity contribution in [2.75, 3.05) is 26.3 Å². The Labute approximate surface area is 80.5 Å². The first-order valence-electron chi connectivity index (χ1n) is 5.09. The average Bonchev–Trinajstić information content (AvgIpc) is 2.48. The molecule has 0 spiro atoms. The van der Waals surface area contributed by atoms with E-state index in [1.165, 1.54) is 6.42 Å². The van der Waals surface area contributed by atoms with Crippen molar-refractivity contribution in [3.05, 3.63) is 0 Å². The molecule has 1 rings (SSSR count). The molecule has 1 saturated heterocycles. The lowest BCUT2D eigenvalue weighted by molar-refractivity contribution is -0.0233. The van der Waals surface area contributed by atoms with Crippen LogP contribution >= 0.6 is 0 Å². The molecule has 0 aliphatic carbocycles. The summed E-state index contributed by atoms with van der Waals surface area (Å²) in [6, 6.07) is 0. The molecule has 0 aromatic carbocycles. The van der Waals surface area contributed by atoms with Crippen LogP contribution < -0.4 is 5.32 Å². The Morgan fingerprint density at radius 1 is 1.54 bits per heavy atom. The molecule has 78 valence electrons. The zero-order chi connectivity index (χ0) is 9.73. The van der Waals surface area contributed by atoms with Gasteiger partial charge in [-0.05, 0) is 45.7 Å². The van der Waals surface area contributed by atoms with Gasteiger partial charge in [0.2, 0.25) is 0 Å². The molecular formula is C10H21NO2. The van der Waals surface area contributed by atoms with Gasteiger partial charge in [-0.15, -0.1) is 0 Å². The zero-order valence-electron chi connectivity index (χ0n) is 8.68. The number of hydrogen-bond donors (Lipinski definition) is 2. The molecule has 0 saturated carbocycles. The minimum Gasteiger partial charge on any atom is -0.388 e. The number of rotatable bonds is 5. The molecule has 1 atom stereocenters. The van der Waals surface area contributed by atoms with Crippen molar-refractivity contribution in [3.63, 3.8) is 0 Å². The Morgan fingerprint density at radius 2 is 2.31 bits per heavy atom. The van der Waals surface area contributed by atoms with Crippen molar-refractivity contribution >= 4 is 0 Å². The van der Waals surface area contributed by atoms with Crippen LogP contribution in [0.25, 0.3) is 0 Å². The number of hydrogen-bond acceptors (Lipinski definition) is 3. The van der Waals surface area contributed by atoms with Crippen molar-refractivity contribution in [1.29, 1.82) is 0 Å². The molecule has 0 aromatic rings. The molecule has 1 fully saturated rings. The van der Waals surface area contributed by atoms with E-state index in [2.05, 4.69) is 5.32 Å². The first-order chi connectivity index (χ1) is 6.08. The fourth-order valence-corrected chi connectivity index (χ4v) is 1.53. The summed E-state index contributed by atoms with van der Waals surface area (Å²) in [6.07, 6.45) is 2.38. The number of ether oxygens (including phenoxy) is 1. The molecule has 2 N–H and O–H groups in total. The monoisotopic (exact) mass is 187 g/mol. The zero-order valence-corrected chi connectivity index (χ0v) is 8.68. The van der Waals surface area contributed by atoms with Crippen molar-refractivity contribution in [3.8, 4) is 0 Å². The third kappa shape index (κ3) is 5.24. The van der Waals surface area contributed by atoms with Crippen LogP contribution in [0, 0.1) is 5.92 Å². The lowest BCUT2D eigenvalue weighted by Crippen LogP contribution is -2.26. The van der Waals surface area contributed by atoms with E-state index in [0.717, 1.165) is 32.0 Å². The predicted octanol–water partition coefficient (Wildman–Crippen LogP) is 0.773. The van der Waals surface area contributed by atoms with Crippen molar-refractivity contribution in [1.82, 2.24) is 5.32 Å². The second-order valence-corrected chi connectivity index (χ2v) is 4.51. The topological polar surface area (TPSA) is 41.5 Å². The van der Waals surface area contributed by atoms with Gasteiger partial charge < -0.3 is 15.2 Å². The van der Waals surface area contributed by atoms with E-state index >= 15 is 0 Å². The SMILES string of the molecule is CC(C)(O)COCCC1CCNC1. The van der Waals surface area contributed by atoms with Crippen LogP contribution in [-0.4, -0.2) is 37.0 Å². The van der Waals surface area contributed by atoms with Gasteiger partial charge in [0.15, 0.2) is 0 Å². The quantitative estimate of drug-likeness (QED) is 0.625. The van der Waals surface area contributed by atoms with Gasteiger partial charge in [-0.25, -0.2) is 0 Å². The Hall–Kier alpha value is -0.120. The van der Waals surface area contributed by atoms with Crippen molar-refractivity contribution in [2.24, 2.45) is 5.92 Å². The molecule has 0 radical (unpaired) electrons. The van der Waals surface area contributed by atoms with Gasteiger partial charge in [-0.1, -0.05) is 0 Å². The summed E-state index contributed by atoms with van der Waals surface area (Å²) in [4.78, 5) is 0. The highest BCUT2D eigenvalue weighted by molar-refractivity contribution is 4.71. The Kier molecular flexibility index (Phi) is 4.16. The molecule has 0 aromatic heterocycles. The van der Waals surface area contributed by atoms with Crippen molar-refractivity contribution in [2.45, 2.75) is 32.3 Å². The van der Waals surface area contributed by atoms with Crippen LogP contribution in [0.1, 0.15) is 26.7 Å². The highest BCUT2D eigenvalue weighted by atomic mass is 16.5. The first kappa shape index (κ1) is 11.0. The summed E-state index contributed by atoms with van der Waals surface area (Å²) >= 11 is 0. The van der Waals surface area contributed by atoms with Crippen LogP contribution in [0.2, 0.25) is 0 Å². The van der Waals surface area contributed by atoms with Crippen LogP contribution in [-0.2, 0) is 4.74 Å². The third-order valence-corrected chi connectivity index (χ3v) is 2.29. The molecule has 0 bridgehead atoms. The van der Waals surface area contributed by atoms with Gasteiger partial charge in [0, 0.05) is 6.61 Å². The second-order valence-electron chi connectivity index (χ2n) is 4.51. The maximum atomic E-state index is 9.37. The minimum absolute atomic E-state index is 0.438. The average molecular weight is 187 g/mol. The Balaban J connectivity index is 1.94. The predicted molar refractivity (Wildman–Crippen MR) is 52.7 cm³/mol. The van der Waals surface area contributed by atoms with Crippen LogP contribution in [0.3, 0.4) is 0 Å². The third-order valence-electron chi connectivity index (χ3n) is 2.29. The van der Waals surface area contributed by atoms with Gasteiger partial charge >= 0.3 is 0 Å². The Bertz CT molecular complexity index is 136. The normalized spacial score (nSPS) is 23.8. The van der Waals surface area contributed by atoms with Crippen molar-refractivity contribution < 1.29 is 9.84 Å². The second kappa shape index (κ2) is 4.94. The first-order valence-corrected chi connectivity index (χ1v) is 5.09. The van der Waals surface area contributed by atoms with E-state index in [4.69, 9.17) is 4.74 Å². The molecule has 1 aliphatic heterocycles. The summed E-state index contributed by atoms with van der Waals surface area (Å²) in [7, 11) is 0. The van der Waals surface area contributed by atoms with Gasteiger partial charge in [0.1, 0.15) is 0 Å². The minimum atomic E-state index is -0.687. The molecular weight excluding hydrogens is 166 g/mol. The van der Waals surface area contributed by atoms with E-state index in [9.17, 15) is 5.11 Å².